The van der Waals surface area contributed by atoms with E-state index in [1.54, 1.807) is 0 Å². The third kappa shape index (κ3) is 3.11. The molecule has 0 radical (unpaired) electrons. The first-order valence-electron chi connectivity index (χ1n) is 5.72. The Morgan fingerprint density at radius 3 is 2.52 bits per heavy atom. The topological polar surface area (TPSA) is 86.6 Å². The van der Waals surface area contributed by atoms with Crippen molar-refractivity contribution in [3.63, 3.8) is 0 Å². The van der Waals surface area contributed by atoms with Crippen LogP contribution in [-0.4, -0.2) is 22.1 Å². The van der Waals surface area contributed by atoms with Crippen LogP contribution in [0.15, 0.2) is 36.4 Å². The summed E-state index contributed by atoms with van der Waals surface area (Å²) in [5.41, 5.74) is -0.341. The number of carboxylic acids is 1. The van der Waals surface area contributed by atoms with Gasteiger partial charge in [0.1, 0.15) is 11.4 Å². The fourth-order valence-corrected chi connectivity index (χ4v) is 1.83. The van der Waals surface area contributed by atoms with Crippen LogP contribution in [0.3, 0.4) is 0 Å². The van der Waals surface area contributed by atoms with Gasteiger partial charge in [0.25, 0.3) is 5.91 Å². The molecule has 0 saturated heterocycles. The smallest absolute Gasteiger partial charge is 0.339 e. The molecule has 2 aromatic carbocycles. The number of nitrogens with one attached hydrogen (secondary N) is 1. The van der Waals surface area contributed by atoms with E-state index in [4.69, 9.17) is 16.7 Å². The summed E-state index contributed by atoms with van der Waals surface area (Å²) in [6.45, 7) is 0. The Labute approximate surface area is 123 Å². The first kappa shape index (κ1) is 14.8. The maximum Gasteiger partial charge on any atom is 0.339 e. The molecule has 0 bridgehead atoms. The highest BCUT2D eigenvalue weighted by Gasteiger charge is 2.16. The molecule has 0 atom stereocenters. The van der Waals surface area contributed by atoms with E-state index in [0.29, 0.717) is 0 Å². The molecule has 0 spiro atoms. The molecule has 21 heavy (non-hydrogen) atoms. The first-order chi connectivity index (χ1) is 9.90. The molecule has 0 aromatic heterocycles. The van der Waals surface area contributed by atoms with Crippen molar-refractivity contribution in [2.75, 3.05) is 5.32 Å². The predicted octanol–water partition coefficient (Wildman–Crippen LogP) is 3.14. The molecular formula is C14H9ClFNO4. The molecule has 0 aliphatic carbocycles. The number of benzene rings is 2. The summed E-state index contributed by atoms with van der Waals surface area (Å²) >= 11 is 5.58. The molecule has 2 aromatic rings. The lowest BCUT2D eigenvalue weighted by atomic mass is 10.1. The van der Waals surface area contributed by atoms with E-state index in [1.807, 2.05) is 0 Å². The minimum absolute atomic E-state index is 0.0691. The highest BCUT2D eigenvalue weighted by atomic mass is 35.5. The molecule has 3 N–H and O–H groups in total. The third-order valence-corrected chi connectivity index (χ3v) is 2.99. The number of aromatic carboxylic acids is 1. The van der Waals surface area contributed by atoms with Crippen molar-refractivity contribution in [2.24, 2.45) is 0 Å². The van der Waals surface area contributed by atoms with Gasteiger partial charge >= 0.3 is 5.97 Å². The molecular weight excluding hydrogens is 301 g/mol. The van der Waals surface area contributed by atoms with Gasteiger partial charge in [0.2, 0.25) is 0 Å². The second-order valence-corrected chi connectivity index (χ2v) is 4.50. The van der Waals surface area contributed by atoms with Gasteiger partial charge in [-0.2, -0.15) is 0 Å². The summed E-state index contributed by atoms with van der Waals surface area (Å²) in [5, 5.41) is 20.8. The van der Waals surface area contributed by atoms with Gasteiger partial charge in [0, 0.05) is 5.56 Å². The van der Waals surface area contributed by atoms with Crippen LogP contribution in [0.2, 0.25) is 5.02 Å². The van der Waals surface area contributed by atoms with Crippen LogP contribution in [0.25, 0.3) is 0 Å². The van der Waals surface area contributed by atoms with Gasteiger partial charge in [-0.1, -0.05) is 17.7 Å². The van der Waals surface area contributed by atoms with E-state index >= 15 is 0 Å². The standard InChI is InChI=1S/C14H9ClFNO4/c15-9-6-7(4-5-10(9)16)13(19)17-11-3-1-2-8(12(11)18)14(20)21/h1-6,18H,(H,17,19)(H,20,21). The van der Waals surface area contributed by atoms with Gasteiger partial charge in [-0.15, -0.1) is 0 Å². The quantitative estimate of drug-likeness (QED) is 0.760. The number of anilines is 1. The van der Waals surface area contributed by atoms with Gasteiger partial charge < -0.3 is 15.5 Å². The van der Waals surface area contributed by atoms with Gasteiger partial charge in [-0.3, -0.25) is 4.79 Å². The fraction of sp³-hybridized carbons (Fsp3) is 0. The van der Waals surface area contributed by atoms with Crippen molar-refractivity contribution in [1.82, 2.24) is 0 Å². The van der Waals surface area contributed by atoms with E-state index in [2.05, 4.69) is 5.32 Å². The number of hydrogen-bond acceptors (Lipinski definition) is 3. The summed E-state index contributed by atoms with van der Waals surface area (Å²) < 4.78 is 13.0. The van der Waals surface area contributed by atoms with Crippen LogP contribution in [-0.2, 0) is 0 Å². The lowest BCUT2D eigenvalue weighted by Crippen LogP contribution is -2.13. The Kier molecular flexibility index (Phi) is 4.09. The molecule has 0 fully saturated rings. The Bertz CT molecular complexity index is 733. The maximum absolute atomic E-state index is 13.0. The monoisotopic (exact) mass is 309 g/mol. The fourth-order valence-electron chi connectivity index (χ4n) is 1.65. The Morgan fingerprint density at radius 2 is 1.90 bits per heavy atom. The Balaban J connectivity index is 2.29. The van der Waals surface area contributed by atoms with Crippen LogP contribution in [0.4, 0.5) is 10.1 Å². The Morgan fingerprint density at radius 1 is 1.19 bits per heavy atom. The van der Waals surface area contributed by atoms with Gasteiger partial charge in [0.05, 0.1) is 10.7 Å². The Hall–Kier alpha value is -2.60. The van der Waals surface area contributed by atoms with E-state index < -0.39 is 23.4 Å². The zero-order valence-electron chi connectivity index (χ0n) is 10.4. The molecule has 0 saturated carbocycles. The molecule has 0 aliphatic heterocycles. The van der Waals surface area contributed by atoms with Crippen molar-refractivity contribution >= 4 is 29.2 Å². The summed E-state index contributed by atoms with van der Waals surface area (Å²) in [4.78, 5) is 22.8. The number of carboxylic acid groups (broad SMARTS) is 1. The number of phenols is 1. The van der Waals surface area contributed by atoms with Gasteiger partial charge in [0.15, 0.2) is 5.75 Å². The van der Waals surface area contributed by atoms with E-state index in [-0.39, 0.29) is 21.8 Å². The van der Waals surface area contributed by atoms with E-state index in [1.165, 1.54) is 24.3 Å². The average molecular weight is 310 g/mol. The normalized spacial score (nSPS) is 10.2. The van der Waals surface area contributed by atoms with Crippen LogP contribution >= 0.6 is 11.6 Å². The number of halogens is 2. The van der Waals surface area contributed by atoms with Crippen molar-refractivity contribution in [3.8, 4) is 5.75 Å². The lowest BCUT2D eigenvalue weighted by Gasteiger charge is -2.09. The molecule has 0 aliphatic rings. The van der Waals surface area contributed by atoms with E-state index in [0.717, 1.165) is 12.1 Å². The number of rotatable bonds is 3. The zero-order chi connectivity index (χ0) is 15.6. The van der Waals surface area contributed by atoms with Crippen molar-refractivity contribution < 1.29 is 24.2 Å². The minimum atomic E-state index is -1.33. The van der Waals surface area contributed by atoms with Crippen LogP contribution in [0, 0.1) is 5.82 Å². The number of carbonyl (C=O) groups excluding carboxylic acids is 1. The highest BCUT2D eigenvalue weighted by Crippen LogP contribution is 2.28. The number of para-hydroxylation sites is 1. The molecule has 1 amide bonds. The molecule has 0 heterocycles. The molecule has 2 rings (SSSR count). The van der Waals surface area contributed by atoms with Crippen LogP contribution in [0.5, 0.6) is 5.75 Å². The van der Waals surface area contributed by atoms with Crippen molar-refractivity contribution in [3.05, 3.63) is 58.4 Å². The second kappa shape index (κ2) is 5.80. The second-order valence-electron chi connectivity index (χ2n) is 4.09. The maximum atomic E-state index is 13.0. The summed E-state index contributed by atoms with van der Waals surface area (Å²) in [7, 11) is 0. The SMILES string of the molecule is O=C(Nc1cccc(C(=O)O)c1O)c1ccc(F)c(Cl)c1. The third-order valence-electron chi connectivity index (χ3n) is 2.70. The summed E-state index contributed by atoms with van der Waals surface area (Å²) in [6.07, 6.45) is 0. The van der Waals surface area contributed by atoms with E-state index in [9.17, 15) is 19.1 Å². The molecule has 5 nitrogen and oxygen atoms in total. The lowest BCUT2D eigenvalue weighted by molar-refractivity contribution is 0.0693. The number of amides is 1. The van der Waals surface area contributed by atoms with Gasteiger partial charge in [-0.05, 0) is 30.3 Å². The predicted molar refractivity (Wildman–Crippen MR) is 74.4 cm³/mol. The summed E-state index contributed by atoms with van der Waals surface area (Å²) in [6, 6.07) is 7.28. The first-order valence-corrected chi connectivity index (χ1v) is 6.09. The molecule has 0 unspecified atom stereocenters. The molecule has 7 heteroatoms. The van der Waals surface area contributed by atoms with Crippen LogP contribution in [0.1, 0.15) is 20.7 Å². The van der Waals surface area contributed by atoms with Crippen molar-refractivity contribution in [1.29, 1.82) is 0 Å². The van der Waals surface area contributed by atoms with Crippen LogP contribution < -0.4 is 5.32 Å². The zero-order valence-corrected chi connectivity index (χ0v) is 11.2. The number of carbonyl (C=O) groups is 2. The minimum Gasteiger partial charge on any atom is -0.505 e. The van der Waals surface area contributed by atoms with Gasteiger partial charge in [-0.25, -0.2) is 9.18 Å². The number of aromatic hydroxyl groups is 1. The average Bonchev–Trinajstić information content (AvgIpc) is 2.43. The molecule has 108 valence electrons. The summed E-state index contributed by atoms with van der Waals surface area (Å²) in [5.74, 6) is -3.21. The van der Waals surface area contributed by atoms with Crippen molar-refractivity contribution in [2.45, 2.75) is 0 Å². The number of hydrogen-bond donors (Lipinski definition) is 3. The highest BCUT2D eigenvalue weighted by molar-refractivity contribution is 6.31. The largest absolute Gasteiger partial charge is 0.505 e.